The van der Waals surface area contributed by atoms with Crippen LogP contribution in [0.2, 0.25) is 10.0 Å². The first-order chi connectivity index (χ1) is 13.5. The number of thiazole rings is 1. The highest BCUT2D eigenvalue weighted by atomic mass is 35.5. The lowest BCUT2D eigenvalue weighted by Gasteiger charge is -2.06. The topological polar surface area (TPSA) is 96.0 Å². The van der Waals surface area contributed by atoms with Crippen LogP contribution in [0.3, 0.4) is 0 Å². The Labute approximate surface area is 175 Å². The Morgan fingerprint density at radius 3 is 2.75 bits per heavy atom. The quantitative estimate of drug-likeness (QED) is 0.526. The second kappa shape index (κ2) is 9.50. The standard InChI is InChI=1S/C18H15Cl2N5O2S/c19-11-4-5-13(20)14(7-11)24-18-25-15(10-28-18)17(27)23-9-16(26)22-8-12-3-1-2-6-21-12/h1-7,10H,8-9H2,(H,22,26)(H,23,27)(H,24,25). The zero-order valence-corrected chi connectivity index (χ0v) is 16.7. The number of hydrogen-bond donors (Lipinski definition) is 3. The molecule has 28 heavy (non-hydrogen) atoms. The third-order valence-electron chi connectivity index (χ3n) is 3.51. The SMILES string of the molecule is O=C(CNC(=O)c1csc(Nc2cc(Cl)ccc2Cl)n1)NCc1ccccn1. The second-order valence-electron chi connectivity index (χ2n) is 5.57. The smallest absolute Gasteiger partial charge is 0.271 e. The van der Waals surface area contributed by atoms with E-state index in [1.54, 1.807) is 41.9 Å². The number of nitrogens with one attached hydrogen (secondary N) is 3. The molecule has 0 aliphatic carbocycles. The highest BCUT2D eigenvalue weighted by molar-refractivity contribution is 7.14. The number of pyridine rings is 1. The van der Waals surface area contributed by atoms with E-state index in [4.69, 9.17) is 23.2 Å². The molecule has 0 bridgehead atoms. The van der Waals surface area contributed by atoms with Crippen LogP contribution in [0.15, 0.2) is 48.0 Å². The van der Waals surface area contributed by atoms with E-state index in [2.05, 4.69) is 25.9 Å². The van der Waals surface area contributed by atoms with Crippen LogP contribution in [0, 0.1) is 0 Å². The van der Waals surface area contributed by atoms with Crippen LogP contribution in [0.4, 0.5) is 10.8 Å². The van der Waals surface area contributed by atoms with Crippen LogP contribution in [0.25, 0.3) is 0 Å². The number of benzene rings is 1. The average Bonchev–Trinajstić information content (AvgIpc) is 3.17. The summed E-state index contributed by atoms with van der Waals surface area (Å²) in [7, 11) is 0. The first-order valence-electron chi connectivity index (χ1n) is 8.13. The number of aromatic nitrogens is 2. The summed E-state index contributed by atoms with van der Waals surface area (Å²) in [4.78, 5) is 32.3. The maximum atomic E-state index is 12.2. The van der Waals surface area contributed by atoms with Crippen molar-refractivity contribution in [1.29, 1.82) is 0 Å². The van der Waals surface area contributed by atoms with Gasteiger partial charge in [0, 0.05) is 16.6 Å². The molecule has 0 saturated heterocycles. The molecule has 3 N–H and O–H groups in total. The minimum atomic E-state index is -0.450. The van der Waals surface area contributed by atoms with Gasteiger partial charge in [-0.05, 0) is 30.3 Å². The van der Waals surface area contributed by atoms with Crippen molar-refractivity contribution in [3.05, 3.63) is 69.4 Å². The van der Waals surface area contributed by atoms with Crippen molar-refractivity contribution < 1.29 is 9.59 Å². The number of amides is 2. The molecule has 10 heteroatoms. The molecule has 0 radical (unpaired) electrons. The number of rotatable bonds is 7. The maximum Gasteiger partial charge on any atom is 0.271 e. The van der Waals surface area contributed by atoms with Crippen LogP contribution in [0.5, 0.6) is 0 Å². The molecule has 3 rings (SSSR count). The summed E-state index contributed by atoms with van der Waals surface area (Å²) in [6.07, 6.45) is 1.65. The van der Waals surface area contributed by atoms with Crippen molar-refractivity contribution in [1.82, 2.24) is 20.6 Å². The predicted octanol–water partition coefficient (Wildman–Crippen LogP) is 3.63. The molecular weight excluding hydrogens is 421 g/mol. The largest absolute Gasteiger partial charge is 0.349 e. The number of anilines is 2. The molecule has 2 heterocycles. The van der Waals surface area contributed by atoms with Crippen molar-refractivity contribution in [2.75, 3.05) is 11.9 Å². The number of halogens is 2. The highest BCUT2D eigenvalue weighted by Gasteiger charge is 2.13. The van der Waals surface area contributed by atoms with Crippen LogP contribution in [-0.4, -0.2) is 28.3 Å². The van der Waals surface area contributed by atoms with E-state index >= 15 is 0 Å². The average molecular weight is 436 g/mol. The van der Waals surface area contributed by atoms with Gasteiger partial charge in [0.2, 0.25) is 5.91 Å². The lowest BCUT2D eigenvalue weighted by Crippen LogP contribution is -2.36. The molecule has 2 aromatic heterocycles. The van der Waals surface area contributed by atoms with Gasteiger partial charge in [-0.3, -0.25) is 14.6 Å². The Kier molecular flexibility index (Phi) is 6.80. The monoisotopic (exact) mass is 435 g/mol. The number of nitrogens with zero attached hydrogens (tertiary/aromatic N) is 2. The van der Waals surface area contributed by atoms with Crippen LogP contribution < -0.4 is 16.0 Å². The highest BCUT2D eigenvalue weighted by Crippen LogP contribution is 2.29. The Balaban J connectivity index is 1.50. The second-order valence-corrected chi connectivity index (χ2v) is 7.27. The van der Waals surface area contributed by atoms with Crippen LogP contribution in [0.1, 0.15) is 16.2 Å². The zero-order valence-electron chi connectivity index (χ0n) is 14.4. The molecule has 0 saturated carbocycles. The van der Waals surface area contributed by atoms with Gasteiger partial charge in [-0.15, -0.1) is 11.3 Å². The van der Waals surface area contributed by atoms with E-state index in [9.17, 15) is 9.59 Å². The lowest BCUT2D eigenvalue weighted by molar-refractivity contribution is -0.120. The maximum absolute atomic E-state index is 12.2. The van der Waals surface area contributed by atoms with Gasteiger partial charge in [-0.2, -0.15) is 0 Å². The fraction of sp³-hybridized carbons (Fsp3) is 0.111. The molecule has 3 aromatic rings. The first-order valence-corrected chi connectivity index (χ1v) is 9.77. The minimum absolute atomic E-state index is 0.161. The summed E-state index contributed by atoms with van der Waals surface area (Å²) in [5, 5.41) is 11.3. The Morgan fingerprint density at radius 2 is 1.96 bits per heavy atom. The minimum Gasteiger partial charge on any atom is -0.349 e. The third-order valence-corrected chi connectivity index (χ3v) is 4.83. The first kappa shape index (κ1) is 20.1. The Morgan fingerprint density at radius 1 is 1.11 bits per heavy atom. The number of carbonyl (C=O) groups excluding carboxylic acids is 2. The number of hydrogen-bond acceptors (Lipinski definition) is 6. The van der Waals surface area contributed by atoms with E-state index in [1.807, 2.05) is 6.07 Å². The van der Waals surface area contributed by atoms with Crippen LogP contribution >= 0.6 is 34.5 Å². The molecule has 7 nitrogen and oxygen atoms in total. The van der Waals surface area contributed by atoms with Crippen molar-refractivity contribution in [3.8, 4) is 0 Å². The normalized spacial score (nSPS) is 10.4. The van der Waals surface area contributed by atoms with Crippen molar-refractivity contribution in [2.24, 2.45) is 0 Å². The van der Waals surface area contributed by atoms with Gasteiger partial charge in [-0.1, -0.05) is 29.3 Å². The molecule has 0 fully saturated rings. The summed E-state index contributed by atoms with van der Waals surface area (Å²) < 4.78 is 0. The molecule has 0 atom stereocenters. The van der Waals surface area contributed by atoms with E-state index in [-0.39, 0.29) is 18.1 Å². The van der Waals surface area contributed by atoms with Gasteiger partial charge in [-0.25, -0.2) is 4.98 Å². The molecule has 144 valence electrons. The van der Waals surface area contributed by atoms with Crippen molar-refractivity contribution in [3.63, 3.8) is 0 Å². The molecule has 0 unspecified atom stereocenters. The fourth-order valence-corrected chi connectivity index (χ4v) is 3.19. The van der Waals surface area contributed by atoms with E-state index < -0.39 is 5.91 Å². The summed E-state index contributed by atoms with van der Waals surface area (Å²) in [5.74, 6) is -0.771. The van der Waals surface area contributed by atoms with E-state index in [0.29, 0.717) is 27.4 Å². The van der Waals surface area contributed by atoms with Gasteiger partial charge in [0.25, 0.3) is 5.91 Å². The number of carbonyl (C=O) groups is 2. The summed E-state index contributed by atoms with van der Waals surface area (Å²) in [5.41, 5.74) is 1.52. The summed E-state index contributed by atoms with van der Waals surface area (Å²) >= 11 is 13.3. The van der Waals surface area contributed by atoms with E-state index in [0.717, 1.165) is 5.69 Å². The van der Waals surface area contributed by atoms with Gasteiger partial charge in [0.05, 0.1) is 29.5 Å². The lowest BCUT2D eigenvalue weighted by atomic mass is 10.3. The van der Waals surface area contributed by atoms with Gasteiger partial charge < -0.3 is 16.0 Å². The van der Waals surface area contributed by atoms with E-state index in [1.165, 1.54) is 11.3 Å². The van der Waals surface area contributed by atoms with Crippen molar-refractivity contribution >= 4 is 57.2 Å². The molecule has 1 aromatic carbocycles. The molecule has 0 spiro atoms. The Hall–Kier alpha value is -2.68. The fourth-order valence-electron chi connectivity index (χ4n) is 2.15. The Bertz CT molecular complexity index is 981. The van der Waals surface area contributed by atoms with Gasteiger partial charge in [0.15, 0.2) is 5.13 Å². The van der Waals surface area contributed by atoms with Gasteiger partial charge >= 0.3 is 0 Å². The van der Waals surface area contributed by atoms with Crippen molar-refractivity contribution in [2.45, 2.75) is 6.54 Å². The molecular formula is C18H15Cl2N5O2S. The third kappa shape index (κ3) is 5.66. The molecule has 0 aliphatic heterocycles. The molecule has 0 aliphatic rings. The summed E-state index contributed by atoms with van der Waals surface area (Å²) in [6.45, 7) is 0.132. The predicted molar refractivity (Wildman–Crippen MR) is 110 cm³/mol. The van der Waals surface area contributed by atoms with Gasteiger partial charge in [0.1, 0.15) is 5.69 Å². The molecule has 2 amide bonds. The zero-order chi connectivity index (χ0) is 19.9. The summed E-state index contributed by atoms with van der Waals surface area (Å²) in [6, 6.07) is 10.4. The van der Waals surface area contributed by atoms with Crippen LogP contribution in [-0.2, 0) is 11.3 Å².